The van der Waals surface area contributed by atoms with E-state index in [0.717, 1.165) is 13.2 Å². The number of amides is 1. The molecule has 5 N–H and O–H groups in total. The minimum absolute atomic E-state index is 0. The number of cyclic esters (lactones) is 2. The number of nitrogens with zero attached hydrogens (tertiary/aromatic N) is 3. The molecule has 0 aromatic heterocycles. The van der Waals surface area contributed by atoms with Crippen LogP contribution in [0, 0.1) is 32.8 Å². The van der Waals surface area contributed by atoms with Gasteiger partial charge in [0, 0.05) is 50.9 Å². The third-order valence-electron chi connectivity index (χ3n) is 5.50. The lowest BCUT2D eigenvalue weighted by atomic mass is 9.84. The lowest BCUT2D eigenvalue weighted by Crippen LogP contribution is -2.39. The Kier molecular flexibility index (Phi) is 26.1. The number of non-ortho nitro benzene ring substituents is 1. The van der Waals surface area contributed by atoms with E-state index in [9.17, 15) is 38.9 Å². The lowest BCUT2D eigenvalue weighted by molar-refractivity contribution is -0.384. The maximum absolute atomic E-state index is 12.3. The molecule has 1 saturated heterocycles. The normalized spacial score (nSPS) is 14.6. The first kappa shape index (κ1) is 50.8. The Morgan fingerprint density at radius 2 is 1.55 bits per heavy atom. The summed E-state index contributed by atoms with van der Waals surface area (Å²) in [6.07, 6.45) is 0.492. The van der Waals surface area contributed by atoms with Gasteiger partial charge in [0.15, 0.2) is 0 Å². The summed E-state index contributed by atoms with van der Waals surface area (Å²) in [6, 6.07) is 9.51. The van der Waals surface area contributed by atoms with Gasteiger partial charge < -0.3 is 40.3 Å². The molecular weight excluding hydrogens is 706 g/mol. The van der Waals surface area contributed by atoms with Crippen LogP contribution in [0.4, 0.5) is 5.69 Å². The molecule has 20 nitrogen and oxygen atoms in total. The molecule has 1 amide bonds. The number of rotatable bonds is 9. The Balaban J connectivity index is -0.000000717. The molecule has 0 bridgehead atoms. The van der Waals surface area contributed by atoms with Gasteiger partial charge >= 0.3 is 23.9 Å². The van der Waals surface area contributed by atoms with Gasteiger partial charge in [0.2, 0.25) is 5.91 Å². The fourth-order valence-corrected chi connectivity index (χ4v) is 3.80. The number of allylic oxidation sites excluding steroid dienone is 1. The van der Waals surface area contributed by atoms with Gasteiger partial charge in [-0.05, 0) is 26.3 Å². The number of ketones is 1. The van der Waals surface area contributed by atoms with E-state index in [1.54, 1.807) is 13.0 Å². The maximum atomic E-state index is 12.3. The molecule has 2 heterocycles. The van der Waals surface area contributed by atoms with Crippen LogP contribution in [0.25, 0.3) is 0 Å². The quantitative estimate of drug-likeness (QED) is 0.0621. The average molecular weight is 750 g/mol. The number of nitriles is 2. The summed E-state index contributed by atoms with van der Waals surface area (Å²) in [7, 11) is 0. The number of carbonyl (C=O) groups excluding carboxylic acids is 7. The summed E-state index contributed by atoms with van der Waals surface area (Å²) < 4.78 is 18.9. The maximum Gasteiger partial charge on any atom is 0.336 e. The largest absolute Gasteiger partial charge is 0.481 e. The molecule has 0 radical (unpaired) electrons. The molecule has 3 rings (SSSR count). The number of benzene rings is 1. The standard InChI is InChI=1S/C16H15N3O5.C7H9NO3.C6H8O4.C2H4O2.C2H4O.H3N/c1-10-15(16(21)24-7-3-6-17)13(9-14(20)18-10)11-4-2-5-12(8-11)19(22)23;1-6(9)5-7(10)11-4-2-3-8;1-6(2)9-4(7)3-5(8)10-6;1-2(3)4;1-2-3;/h2,4-5,8,13H,3,7,9H2,1H3,(H,18,20);2,4-5H2,1H3;3H2,1-2H3;1H3,(H,3,4);2H,1H3;1H3. The molecule has 2 aliphatic rings. The molecule has 1 atom stereocenters. The third kappa shape index (κ3) is 24.3. The molecule has 1 aromatic carbocycles. The minimum atomic E-state index is -1.08. The van der Waals surface area contributed by atoms with Crippen LogP contribution in [-0.4, -0.2) is 76.9 Å². The van der Waals surface area contributed by atoms with E-state index in [2.05, 4.69) is 19.5 Å². The number of hydrogen-bond donors (Lipinski definition) is 3. The molecule has 0 spiro atoms. The van der Waals surface area contributed by atoms with E-state index in [0.29, 0.717) is 11.3 Å². The zero-order valence-electron chi connectivity index (χ0n) is 30.1. The monoisotopic (exact) mass is 749 g/mol. The SMILES string of the molecule is CC(=O)CC(=O)OCCC#N.CC(=O)O.CC1(C)OC(=O)CC(=O)O1.CC1=C(C(=O)OCCC#N)C(c2cccc([N+](=O)[O-])c2)CC(=O)N1.CC=O.N. The Morgan fingerprint density at radius 3 is 1.98 bits per heavy atom. The second kappa shape index (κ2) is 27.2. The first-order chi connectivity index (χ1) is 24.2. The van der Waals surface area contributed by atoms with E-state index in [1.165, 1.54) is 45.9 Å². The predicted molar refractivity (Wildman–Crippen MR) is 180 cm³/mol. The van der Waals surface area contributed by atoms with Crippen LogP contribution < -0.4 is 11.5 Å². The van der Waals surface area contributed by atoms with Gasteiger partial charge in [-0.25, -0.2) is 4.79 Å². The van der Waals surface area contributed by atoms with Gasteiger partial charge in [-0.15, -0.1) is 0 Å². The molecule has 53 heavy (non-hydrogen) atoms. The number of aldehydes is 1. The average Bonchev–Trinajstić information content (AvgIpc) is 3.00. The number of carboxylic acid groups (broad SMARTS) is 1. The molecular formula is C33H43N5O15. The topological polar surface area (TPSA) is 331 Å². The Bertz CT molecular complexity index is 1570. The van der Waals surface area contributed by atoms with Crippen molar-refractivity contribution >= 4 is 53.5 Å². The molecule has 0 saturated carbocycles. The van der Waals surface area contributed by atoms with Crippen molar-refractivity contribution in [1.29, 1.82) is 10.5 Å². The van der Waals surface area contributed by atoms with Crippen LogP contribution in [0.1, 0.15) is 85.1 Å². The van der Waals surface area contributed by atoms with Crippen LogP contribution in [0.3, 0.4) is 0 Å². The molecule has 0 aliphatic carbocycles. The van der Waals surface area contributed by atoms with E-state index < -0.39 is 46.5 Å². The third-order valence-corrected chi connectivity index (χ3v) is 5.50. The molecule has 20 heteroatoms. The highest BCUT2D eigenvalue weighted by molar-refractivity contribution is 5.96. The van der Waals surface area contributed by atoms with E-state index in [-0.39, 0.29) is 74.4 Å². The summed E-state index contributed by atoms with van der Waals surface area (Å²) in [6.45, 7) is 8.46. The summed E-state index contributed by atoms with van der Waals surface area (Å²) in [4.78, 5) is 94.4. The lowest BCUT2D eigenvalue weighted by Gasteiger charge is -2.28. The highest BCUT2D eigenvalue weighted by Gasteiger charge is 2.34. The van der Waals surface area contributed by atoms with Gasteiger partial charge in [0.05, 0.1) is 35.5 Å². The fraction of sp³-hybridized carbons (Fsp3) is 0.455. The van der Waals surface area contributed by atoms with Crippen molar-refractivity contribution in [1.82, 2.24) is 11.5 Å². The second-order valence-electron chi connectivity index (χ2n) is 10.5. The molecule has 290 valence electrons. The number of nitrogens with one attached hydrogen (secondary N) is 1. The smallest absolute Gasteiger partial charge is 0.336 e. The Morgan fingerprint density at radius 1 is 1.06 bits per heavy atom. The van der Waals surface area contributed by atoms with Crippen molar-refractivity contribution in [2.75, 3.05) is 13.2 Å². The number of carbonyl (C=O) groups is 8. The van der Waals surface area contributed by atoms with E-state index in [1.807, 2.05) is 12.1 Å². The summed E-state index contributed by atoms with van der Waals surface area (Å²) in [5.41, 5.74) is 0.969. The highest BCUT2D eigenvalue weighted by Crippen LogP contribution is 2.34. The van der Waals surface area contributed by atoms with Gasteiger partial charge in [-0.2, -0.15) is 10.5 Å². The van der Waals surface area contributed by atoms with Crippen LogP contribution >= 0.6 is 0 Å². The second-order valence-corrected chi connectivity index (χ2v) is 10.5. The molecule has 1 aromatic rings. The van der Waals surface area contributed by atoms with E-state index >= 15 is 0 Å². The van der Waals surface area contributed by atoms with Crippen molar-refractivity contribution in [3.8, 4) is 12.1 Å². The first-order valence-corrected chi connectivity index (χ1v) is 15.1. The van der Waals surface area contributed by atoms with Gasteiger partial charge in [0.25, 0.3) is 17.4 Å². The number of nitro groups is 1. The zero-order valence-corrected chi connectivity index (χ0v) is 30.1. The summed E-state index contributed by atoms with van der Waals surface area (Å²) in [5.74, 6) is -5.31. The minimum Gasteiger partial charge on any atom is -0.481 e. The number of ether oxygens (including phenoxy) is 4. The number of Topliss-reactive ketones (excluding diaryl/α,β-unsaturated/α-hetero) is 1. The van der Waals surface area contributed by atoms with Gasteiger partial charge in [-0.1, -0.05) is 12.1 Å². The number of esters is 4. The predicted octanol–water partition coefficient (Wildman–Crippen LogP) is 3.02. The number of carboxylic acids is 1. The van der Waals surface area contributed by atoms with Crippen LogP contribution in [0.5, 0.6) is 0 Å². The number of nitro benzene ring substituents is 1. The van der Waals surface area contributed by atoms with Crippen LogP contribution in [0.2, 0.25) is 0 Å². The van der Waals surface area contributed by atoms with Gasteiger partial charge in [0.1, 0.15) is 38.1 Å². The highest BCUT2D eigenvalue weighted by atomic mass is 16.7. The first-order valence-electron chi connectivity index (χ1n) is 15.1. The summed E-state index contributed by atoms with van der Waals surface area (Å²) >= 11 is 0. The van der Waals surface area contributed by atoms with Crippen molar-refractivity contribution in [2.24, 2.45) is 0 Å². The van der Waals surface area contributed by atoms with Crippen molar-refractivity contribution in [3.05, 3.63) is 51.2 Å². The molecule has 1 unspecified atom stereocenters. The Hall–Kier alpha value is -6.54. The van der Waals surface area contributed by atoms with Gasteiger partial charge in [-0.3, -0.25) is 38.9 Å². The number of hydrogen-bond acceptors (Lipinski definition) is 17. The van der Waals surface area contributed by atoms with E-state index in [4.69, 9.17) is 30.0 Å². The van der Waals surface area contributed by atoms with Crippen molar-refractivity contribution < 1.29 is 67.3 Å². The molecule has 2 aliphatic heterocycles. The zero-order chi connectivity index (χ0) is 40.4. The van der Waals surface area contributed by atoms with Crippen molar-refractivity contribution in [2.45, 2.75) is 85.4 Å². The van der Waals surface area contributed by atoms with Crippen LogP contribution in [0.15, 0.2) is 35.5 Å². The summed E-state index contributed by atoms with van der Waals surface area (Å²) in [5, 5.41) is 37.5. The molecule has 1 fully saturated rings. The van der Waals surface area contributed by atoms with Crippen LogP contribution in [-0.2, 0) is 57.3 Å². The van der Waals surface area contributed by atoms with Crippen molar-refractivity contribution in [3.63, 3.8) is 0 Å². The number of aliphatic carboxylic acids is 1. The Labute approximate surface area is 304 Å². The fourth-order valence-electron chi connectivity index (χ4n) is 3.80.